The van der Waals surface area contributed by atoms with Gasteiger partial charge in [-0.05, 0) is 57.7 Å². The minimum Gasteiger partial charge on any atom is -0.314 e. The molecule has 102 valence electrons. The third kappa shape index (κ3) is 4.97. The Labute approximate surface area is 108 Å². The zero-order chi connectivity index (χ0) is 12.8. The standard InChI is InChI=1S/C8H17N.C7H15N/c1-7(2)8-5-4-6-9(8)3;1-6(2)7-4-3-5-8-7/h7-8H,4-6H2,1-3H3;6-8H,3-5H2,1-2H3/t8-;7-/m00/s1. The van der Waals surface area contributed by atoms with Crippen molar-refractivity contribution >= 4 is 0 Å². The maximum absolute atomic E-state index is 3.46. The van der Waals surface area contributed by atoms with Gasteiger partial charge in [-0.3, -0.25) is 0 Å². The first-order valence-corrected chi connectivity index (χ1v) is 7.46. The molecule has 2 nitrogen and oxygen atoms in total. The van der Waals surface area contributed by atoms with Crippen LogP contribution >= 0.6 is 0 Å². The molecule has 0 spiro atoms. The van der Waals surface area contributed by atoms with E-state index < -0.39 is 0 Å². The van der Waals surface area contributed by atoms with Crippen molar-refractivity contribution in [2.45, 2.75) is 65.5 Å². The van der Waals surface area contributed by atoms with E-state index in [1.54, 1.807) is 0 Å². The fourth-order valence-electron chi connectivity index (χ4n) is 3.06. The van der Waals surface area contributed by atoms with Gasteiger partial charge in [0.15, 0.2) is 0 Å². The van der Waals surface area contributed by atoms with Crippen molar-refractivity contribution in [2.75, 3.05) is 20.1 Å². The zero-order valence-electron chi connectivity index (χ0n) is 12.5. The summed E-state index contributed by atoms with van der Waals surface area (Å²) in [5.41, 5.74) is 0. The molecular formula is C15H32N2. The molecule has 0 radical (unpaired) electrons. The van der Waals surface area contributed by atoms with Crippen LogP contribution in [-0.4, -0.2) is 37.1 Å². The lowest BCUT2D eigenvalue weighted by molar-refractivity contribution is 0.250. The molecule has 1 N–H and O–H groups in total. The summed E-state index contributed by atoms with van der Waals surface area (Å²) in [6, 6.07) is 1.68. The van der Waals surface area contributed by atoms with E-state index in [4.69, 9.17) is 0 Å². The topological polar surface area (TPSA) is 15.3 Å². The Morgan fingerprint density at radius 1 is 1.00 bits per heavy atom. The number of nitrogens with one attached hydrogen (secondary N) is 1. The molecule has 0 aromatic carbocycles. The Hall–Kier alpha value is -0.0800. The summed E-state index contributed by atoms with van der Waals surface area (Å²) in [5, 5.41) is 3.46. The van der Waals surface area contributed by atoms with Crippen LogP contribution < -0.4 is 5.32 Å². The molecule has 2 fully saturated rings. The molecule has 2 saturated heterocycles. The van der Waals surface area contributed by atoms with E-state index in [0.29, 0.717) is 0 Å². The molecule has 17 heavy (non-hydrogen) atoms. The predicted molar refractivity (Wildman–Crippen MR) is 76.4 cm³/mol. The van der Waals surface area contributed by atoms with Crippen molar-refractivity contribution in [2.24, 2.45) is 11.8 Å². The SMILES string of the molecule is CC(C)[C@@H]1CCCN1.CC(C)[C@@H]1CCCN1C. The second-order valence-corrected chi connectivity index (χ2v) is 6.38. The molecule has 2 aliphatic heterocycles. The van der Waals surface area contributed by atoms with E-state index >= 15 is 0 Å². The van der Waals surface area contributed by atoms with Crippen LogP contribution in [0, 0.1) is 11.8 Å². The van der Waals surface area contributed by atoms with Crippen molar-refractivity contribution in [1.29, 1.82) is 0 Å². The van der Waals surface area contributed by atoms with Gasteiger partial charge in [-0.15, -0.1) is 0 Å². The molecule has 0 unspecified atom stereocenters. The highest BCUT2D eigenvalue weighted by molar-refractivity contribution is 4.78. The monoisotopic (exact) mass is 240 g/mol. The normalized spacial score (nSPS) is 29.8. The van der Waals surface area contributed by atoms with Gasteiger partial charge in [0, 0.05) is 12.1 Å². The molecule has 2 heteroatoms. The van der Waals surface area contributed by atoms with Gasteiger partial charge in [0.05, 0.1) is 0 Å². The molecule has 0 aliphatic carbocycles. The first-order chi connectivity index (χ1) is 8.02. The third-order valence-corrected chi connectivity index (χ3v) is 4.25. The first kappa shape index (κ1) is 15.0. The highest BCUT2D eigenvalue weighted by Crippen LogP contribution is 2.21. The van der Waals surface area contributed by atoms with Crippen LogP contribution in [0.25, 0.3) is 0 Å². The second kappa shape index (κ2) is 7.38. The molecule has 2 atom stereocenters. The Kier molecular flexibility index (Phi) is 6.50. The molecule has 0 aromatic rings. The molecule has 2 rings (SSSR count). The van der Waals surface area contributed by atoms with Crippen molar-refractivity contribution in [3.63, 3.8) is 0 Å². The molecule has 0 saturated carbocycles. The van der Waals surface area contributed by atoms with E-state index in [-0.39, 0.29) is 0 Å². The summed E-state index contributed by atoms with van der Waals surface area (Å²) in [4.78, 5) is 2.48. The number of nitrogens with zero attached hydrogens (tertiary/aromatic N) is 1. The quantitative estimate of drug-likeness (QED) is 0.798. The van der Waals surface area contributed by atoms with E-state index in [1.165, 1.54) is 38.8 Å². The van der Waals surface area contributed by atoms with E-state index in [9.17, 15) is 0 Å². The lowest BCUT2D eigenvalue weighted by Gasteiger charge is -2.22. The van der Waals surface area contributed by atoms with E-state index in [1.807, 2.05) is 0 Å². The van der Waals surface area contributed by atoms with Gasteiger partial charge in [0.2, 0.25) is 0 Å². The summed E-state index contributed by atoms with van der Waals surface area (Å²) in [7, 11) is 2.23. The molecule has 2 heterocycles. The number of hydrogen-bond donors (Lipinski definition) is 1. The van der Waals surface area contributed by atoms with Crippen molar-refractivity contribution in [3.8, 4) is 0 Å². The second-order valence-electron chi connectivity index (χ2n) is 6.38. The maximum Gasteiger partial charge on any atom is 0.0116 e. The average molecular weight is 240 g/mol. The van der Waals surface area contributed by atoms with Gasteiger partial charge in [0.1, 0.15) is 0 Å². The van der Waals surface area contributed by atoms with Crippen LogP contribution in [0.4, 0.5) is 0 Å². The summed E-state index contributed by atoms with van der Waals surface area (Å²) in [5.74, 6) is 1.68. The Morgan fingerprint density at radius 3 is 1.94 bits per heavy atom. The minimum atomic E-state index is 0.815. The van der Waals surface area contributed by atoms with Crippen LogP contribution in [0.15, 0.2) is 0 Å². The smallest absolute Gasteiger partial charge is 0.0116 e. The van der Waals surface area contributed by atoms with Gasteiger partial charge in [-0.25, -0.2) is 0 Å². The van der Waals surface area contributed by atoms with Gasteiger partial charge < -0.3 is 10.2 Å². The van der Waals surface area contributed by atoms with Crippen LogP contribution in [0.3, 0.4) is 0 Å². The van der Waals surface area contributed by atoms with Crippen LogP contribution in [0.1, 0.15) is 53.4 Å². The highest BCUT2D eigenvalue weighted by Gasteiger charge is 2.22. The Morgan fingerprint density at radius 2 is 1.71 bits per heavy atom. The summed E-state index contributed by atoms with van der Waals surface area (Å²) in [6.07, 6.45) is 5.58. The highest BCUT2D eigenvalue weighted by atomic mass is 15.1. The van der Waals surface area contributed by atoms with Crippen molar-refractivity contribution < 1.29 is 0 Å². The summed E-state index contributed by atoms with van der Waals surface area (Å²) in [6.45, 7) is 11.7. The van der Waals surface area contributed by atoms with Crippen LogP contribution in [0.5, 0.6) is 0 Å². The van der Waals surface area contributed by atoms with Gasteiger partial charge in [0.25, 0.3) is 0 Å². The third-order valence-electron chi connectivity index (χ3n) is 4.25. The molecule has 0 amide bonds. The molecule has 0 bridgehead atoms. The average Bonchev–Trinajstić information content (AvgIpc) is 2.87. The number of hydrogen-bond acceptors (Lipinski definition) is 2. The Balaban J connectivity index is 0.000000171. The van der Waals surface area contributed by atoms with E-state index in [0.717, 1.165) is 23.9 Å². The van der Waals surface area contributed by atoms with E-state index in [2.05, 4.69) is 45.0 Å². The predicted octanol–water partition coefficient (Wildman–Crippen LogP) is 3.13. The Bertz CT molecular complexity index is 195. The molecule has 2 aliphatic rings. The van der Waals surface area contributed by atoms with Gasteiger partial charge in [-0.1, -0.05) is 27.7 Å². The van der Waals surface area contributed by atoms with Crippen LogP contribution in [0.2, 0.25) is 0 Å². The summed E-state index contributed by atoms with van der Waals surface area (Å²) >= 11 is 0. The fourth-order valence-corrected chi connectivity index (χ4v) is 3.06. The number of rotatable bonds is 2. The van der Waals surface area contributed by atoms with Crippen LogP contribution in [-0.2, 0) is 0 Å². The van der Waals surface area contributed by atoms with Crippen molar-refractivity contribution in [1.82, 2.24) is 10.2 Å². The van der Waals surface area contributed by atoms with Gasteiger partial charge >= 0.3 is 0 Å². The van der Waals surface area contributed by atoms with Gasteiger partial charge in [-0.2, -0.15) is 0 Å². The lowest BCUT2D eigenvalue weighted by Crippen LogP contribution is -2.29. The van der Waals surface area contributed by atoms with Crippen molar-refractivity contribution in [3.05, 3.63) is 0 Å². The summed E-state index contributed by atoms with van der Waals surface area (Å²) < 4.78 is 0. The fraction of sp³-hybridized carbons (Fsp3) is 1.00. The lowest BCUT2D eigenvalue weighted by atomic mass is 10.0. The maximum atomic E-state index is 3.46. The minimum absolute atomic E-state index is 0.815. The zero-order valence-corrected chi connectivity index (χ0v) is 12.5. The number of likely N-dealkylation sites (tertiary alicyclic amines) is 1. The first-order valence-electron chi connectivity index (χ1n) is 7.46. The largest absolute Gasteiger partial charge is 0.314 e. The molecular weight excluding hydrogens is 208 g/mol. The molecule has 0 aromatic heterocycles.